The average Bonchev–Trinajstić information content (AvgIpc) is 2.74. The van der Waals surface area contributed by atoms with E-state index < -0.39 is 6.23 Å². The molecule has 0 aliphatic carbocycles. The SMILES string of the molecule is CC(C)NCCNC(=O)c1cccc(OCC(N)OCCOCCOCCCO)c1. The number of aliphatic hydroxyl groups excluding tert-OH is 1. The van der Waals surface area contributed by atoms with E-state index in [0.717, 1.165) is 0 Å². The summed E-state index contributed by atoms with van der Waals surface area (Å²) in [6.07, 6.45) is 0.0235. The first-order valence-electron chi connectivity index (χ1n) is 10.4. The van der Waals surface area contributed by atoms with Crippen molar-refractivity contribution in [3.63, 3.8) is 0 Å². The Hall–Kier alpha value is -1.75. The average molecular weight is 428 g/mol. The summed E-state index contributed by atoms with van der Waals surface area (Å²) in [5.41, 5.74) is 6.41. The fourth-order valence-electron chi connectivity index (χ4n) is 2.34. The lowest BCUT2D eigenvalue weighted by atomic mass is 10.2. The van der Waals surface area contributed by atoms with Gasteiger partial charge in [0.2, 0.25) is 0 Å². The molecule has 0 spiro atoms. The molecule has 0 aliphatic rings. The summed E-state index contributed by atoms with van der Waals surface area (Å²) in [6, 6.07) is 7.33. The molecule has 0 aromatic heterocycles. The Bertz CT molecular complexity index is 573. The Morgan fingerprint density at radius 3 is 2.57 bits per heavy atom. The van der Waals surface area contributed by atoms with Gasteiger partial charge in [-0.3, -0.25) is 4.79 Å². The van der Waals surface area contributed by atoms with Gasteiger partial charge in [-0.2, -0.15) is 0 Å². The second kappa shape index (κ2) is 17.0. The van der Waals surface area contributed by atoms with Gasteiger partial charge < -0.3 is 40.4 Å². The number of aliphatic hydroxyl groups is 1. The van der Waals surface area contributed by atoms with E-state index in [4.69, 9.17) is 29.8 Å². The fraction of sp³-hybridized carbons (Fsp3) is 0.667. The lowest BCUT2D eigenvalue weighted by molar-refractivity contribution is -0.0231. The number of hydrogen-bond acceptors (Lipinski definition) is 8. The van der Waals surface area contributed by atoms with Crippen LogP contribution in [0.4, 0.5) is 0 Å². The van der Waals surface area contributed by atoms with Crippen LogP contribution in [0.2, 0.25) is 0 Å². The molecule has 0 bridgehead atoms. The van der Waals surface area contributed by atoms with E-state index in [2.05, 4.69) is 24.5 Å². The van der Waals surface area contributed by atoms with Crippen LogP contribution in [0, 0.1) is 0 Å². The summed E-state index contributed by atoms with van der Waals surface area (Å²) in [5.74, 6) is 0.405. The zero-order valence-electron chi connectivity index (χ0n) is 18.1. The van der Waals surface area contributed by atoms with Gasteiger partial charge in [0.25, 0.3) is 5.91 Å². The van der Waals surface area contributed by atoms with Crippen LogP contribution in [0.3, 0.4) is 0 Å². The molecule has 1 atom stereocenters. The summed E-state index contributed by atoms with van der Waals surface area (Å²) in [7, 11) is 0. The van der Waals surface area contributed by atoms with Crippen molar-refractivity contribution in [2.45, 2.75) is 32.5 Å². The number of nitrogens with one attached hydrogen (secondary N) is 2. The number of carbonyl (C=O) groups is 1. The van der Waals surface area contributed by atoms with Gasteiger partial charge in [-0.25, -0.2) is 0 Å². The lowest BCUT2D eigenvalue weighted by Gasteiger charge is -2.15. The fourth-order valence-corrected chi connectivity index (χ4v) is 2.34. The Balaban J connectivity index is 2.16. The van der Waals surface area contributed by atoms with E-state index in [-0.39, 0.29) is 19.1 Å². The molecular weight excluding hydrogens is 390 g/mol. The molecule has 9 heteroatoms. The predicted octanol–water partition coefficient (Wildman–Crippen LogP) is 0.510. The predicted molar refractivity (Wildman–Crippen MR) is 115 cm³/mol. The van der Waals surface area contributed by atoms with Crippen molar-refractivity contribution in [2.24, 2.45) is 5.73 Å². The number of rotatable bonds is 18. The van der Waals surface area contributed by atoms with Gasteiger partial charge >= 0.3 is 0 Å². The summed E-state index contributed by atoms with van der Waals surface area (Å²) in [6.45, 7) is 7.88. The molecule has 0 radical (unpaired) electrons. The number of nitrogens with two attached hydrogens (primary N) is 1. The Kier molecular flexibility index (Phi) is 14.9. The molecule has 9 nitrogen and oxygen atoms in total. The molecule has 1 aromatic rings. The topological polar surface area (TPSA) is 124 Å². The smallest absolute Gasteiger partial charge is 0.251 e. The van der Waals surface area contributed by atoms with Gasteiger partial charge in [0, 0.05) is 37.9 Å². The number of amides is 1. The molecule has 0 fully saturated rings. The summed E-state index contributed by atoms with van der Waals surface area (Å²) >= 11 is 0. The van der Waals surface area contributed by atoms with Crippen LogP contribution < -0.4 is 21.1 Å². The van der Waals surface area contributed by atoms with Crippen LogP contribution in [-0.4, -0.2) is 82.6 Å². The highest BCUT2D eigenvalue weighted by molar-refractivity contribution is 5.94. The minimum atomic E-state index is -0.603. The molecule has 0 saturated heterocycles. The van der Waals surface area contributed by atoms with Crippen molar-refractivity contribution in [3.05, 3.63) is 29.8 Å². The third-order valence-electron chi connectivity index (χ3n) is 3.85. The molecule has 1 rings (SSSR count). The van der Waals surface area contributed by atoms with Gasteiger partial charge in [-0.1, -0.05) is 19.9 Å². The van der Waals surface area contributed by atoms with Gasteiger partial charge in [-0.05, 0) is 24.6 Å². The van der Waals surface area contributed by atoms with E-state index in [9.17, 15) is 4.79 Å². The second-order valence-electron chi connectivity index (χ2n) is 6.91. The first kappa shape index (κ1) is 26.3. The third kappa shape index (κ3) is 13.5. The molecule has 0 saturated carbocycles. The van der Waals surface area contributed by atoms with Crippen LogP contribution in [0.5, 0.6) is 5.75 Å². The number of ether oxygens (including phenoxy) is 4. The molecule has 0 aliphatic heterocycles. The third-order valence-corrected chi connectivity index (χ3v) is 3.85. The number of hydrogen-bond donors (Lipinski definition) is 4. The van der Waals surface area contributed by atoms with Crippen molar-refractivity contribution in [3.8, 4) is 5.75 Å². The summed E-state index contributed by atoms with van der Waals surface area (Å²) < 4.78 is 21.7. The number of benzene rings is 1. The maximum absolute atomic E-state index is 12.2. The molecule has 0 heterocycles. The minimum absolute atomic E-state index is 0.127. The molecular formula is C21H37N3O6. The largest absolute Gasteiger partial charge is 0.489 e. The van der Waals surface area contributed by atoms with Crippen LogP contribution in [0.1, 0.15) is 30.6 Å². The highest BCUT2D eigenvalue weighted by Gasteiger charge is 2.08. The minimum Gasteiger partial charge on any atom is -0.489 e. The van der Waals surface area contributed by atoms with Crippen LogP contribution in [-0.2, 0) is 14.2 Å². The summed E-state index contributed by atoms with van der Waals surface area (Å²) in [4.78, 5) is 12.2. The second-order valence-corrected chi connectivity index (χ2v) is 6.91. The number of carbonyl (C=O) groups excluding carboxylic acids is 1. The van der Waals surface area contributed by atoms with Gasteiger partial charge in [0.1, 0.15) is 18.6 Å². The van der Waals surface area contributed by atoms with E-state index in [1.165, 1.54) is 0 Å². The quantitative estimate of drug-likeness (QED) is 0.197. The maximum atomic E-state index is 12.2. The Morgan fingerprint density at radius 2 is 1.83 bits per heavy atom. The van der Waals surface area contributed by atoms with Crippen molar-refractivity contribution >= 4 is 5.91 Å². The van der Waals surface area contributed by atoms with E-state index in [1.807, 2.05) is 0 Å². The lowest BCUT2D eigenvalue weighted by Crippen LogP contribution is -2.34. The van der Waals surface area contributed by atoms with E-state index in [0.29, 0.717) is 69.9 Å². The van der Waals surface area contributed by atoms with Crippen LogP contribution in [0.15, 0.2) is 24.3 Å². The molecule has 172 valence electrons. The van der Waals surface area contributed by atoms with E-state index >= 15 is 0 Å². The van der Waals surface area contributed by atoms with Crippen molar-refractivity contribution < 1.29 is 28.8 Å². The summed E-state index contributed by atoms with van der Waals surface area (Å²) in [5, 5.41) is 14.7. The van der Waals surface area contributed by atoms with Gasteiger partial charge in [-0.15, -0.1) is 0 Å². The van der Waals surface area contributed by atoms with Crippen molar-refractivity contribution in [1.29, 1.82) is 0 Å². The van der Waals surface area contributed by atoms with Crippen LogP contribution in [0.25, 0.3) is 0 Å². The molecule has 1 unspecified atom stereocenters. The standard InChI is InChI=1S/C21H37N3O6/c1-17(2)23-7-8-24-21(26)18-5-3-6-19(15-18)30-16-20(22)29-14-13-28-12-11-27-10-4-9-25/h3,5-6,15,17,20,23,25H,4,7-14,16,22H2,1-2H3,(H,24,26). The van der Waals surface area contributed by atoms with Crippen LogP contribution >= 0.6 is 0 Å². The first-order chi connectivity index (χ1) is 14.5. The van der Waals surface area contributed by atoms with Crippen molar-refractivity contribution in [2.75, 3.05) is 59.3 Å². The zero-order chi connectivity index (χ0) is 22.0. The highest BCUT2D eigenvalue weighted by Crippen LogP contribution is 2.13. The monoisotopic (exact) mass is 427 g/mol. The normalized spacial score (nSPS) is 12.2. The molecule has 1 amide bonds. The highest BCUT2D eigenvalue weighted by atomic mass is 16.6. The van der Waals surface area contributed by atoms with Gasteiger partial charge in [0.15, 0.2) is 0 Å². The molecule has 30 heavy (non-hydrogen) atoms. The van der Waals surface area contributed by atoms with E-state index in [1.54, 1.807) is 24.3 Å². The maximum Gasteiger partial charge on any atom is 0.251 e. The molecule has 1 aromatic carbocycles. The Labute approximate surface area is 179 Å². The van der Waals surface area contributed by atoms with Crippen molar-refractivity contribution in [1.82, 2.24) is 10.6 Å². The zero-order valence-corrected chi connectivity index (χ0v) is 18.1. The van der Waals surface area contributed by atoms with Gasteiger partial charge in [0.05, 0.1) is 26.4 Å². The Morgan fingerprint density at radius 1 is 1.10 bits per heavy atom. The molecule has 5 N–H and O–H groups in total. The first-order valence-corrected chi connectivity index (χ1v) is 10.4.